The molecule has 0 aliphatic carbocycles. The predicted octanol–water partition coefficient (Wildman–Crippen LogP) is 2.42. The van der Waals surface area contributed by atoms with E-state index >= 15 is 0 Å². The van der Waals surface area contributed by atoms with Gasteiger partial charge < -0.3 is 21.4 Å². The van der Waals surface area contributed by atoms with Gasteiger partial charge in [-0.3, -0.25) is 14.5 Å². The van der Waals surface area contributed by atoms with Crippen molar-refractivity contribution >= 4 is 18.3 Å². The van der Waals surface area contributed by atoms with Crippen LogP contribution in [0.2, 0.25) is 0 Å². The van der Waals surface area contributed by atoms with Gasteiger partial charge in [-0.05, 0) is 76.5 Å². The summed E-state index contributed by atoms with van der Waals surface area (Å²) in [5.74, 6) is -1.05. The average molecular weight is 456 g/mol. The molecule has 0 bridgehead atoms. The molecule has 2 aromatic rings. The molecule has 0 atom stereocenters. The topological polar surface area (TPSA) is 106 Å². The van der Waals surface area contributed by atoms with E-state index in [1.807, 2.05) is 4.57 Å². The Bertz CT molecular complexity index is 1000. The van der Waals surface area contributed by atoms with Crippen LogP contribution in [0.5, 0.6) is 0 Å². The summed E-state index contributed by atoms with van der Waals surface area (Å²) in [6.07, 6.45) is 9.42. The maximum atomic E-state index is 12.9. The molecule has 178 valence electrons. The lowest BCUT2D eigenvalue weighted by atomic mass is 9.94. The Morgan fingerprint density at radius 3 is 2.36 bits per heavy atom. The van der Waals surface area contributed by atoms with E-state index in [1.165, 1.54) is 63.5 Å². The molecule has 2 saturated heterocycles. The third-order valence-electron chi connectivity index (χ3n) is 6.72. The SMILES string of the molecule is CNCC12CCCN1CCC2.Cc1c(/C=C(\N)C(N)=O)c(C=O)cn1Cc1ccc(F)cc1. The standard InChI is InChI=1S/C16H16FN3O2.C9H18N2/c1-10-14(6-15(18)16(19)22)12(9-21)8-20(10)7-11-2-4-13(17)5-3-11;1-10-8-9-4-2-6-11(9)7-3-5-9/h2-6,8-9H,7,18H2,1H3,(H2,19,22);10H,2-8H2,1H3/b15-6-;. The normalized spacial score (nSPS) is 17.4. The van der Waals surface area contributed by atoms with Crippen LogP contribution in [0.1, 0.15) is 52.9 Å². The van der Waals surface area contributed by atoms with Crippen LogP contribution in [0, 0.1) is 12.7 Å². The van der Waals surface area contributed by atoms with Crippen molar-refractivity contribution in [3.05, 3.63) is 64.4 Å². The fourth-order valence-electron chi connectivity index (χ4n) is 5.00. The zero-order valence-electron chi connectivity index (χ0n) is 19.4. The molecular formula is C25H34FN5O2. The van der Waals surface area contributed by atoms with Crippen molar-refractivity contribution in [1.82, 2.24) is 14.8 Å². The van der Waals surface area contributed by atoms with Gasteiger partial charge in [0.2, 0.25) is 0 Å². The highest BCUT2D eigenvalue weighted by Crippen LogP contribution is 2.37. The van der Waals surface area contributed by atoms with Gasteiger partial charge in [0.15, 0.2) is 6.29 Å². The number of hydrogen-bond acceptors (Lipinski definition) is 5. The molecule has 2 aliphatic heterocycles. The summed E-state index contributed by atoms with van der Waals surface area (Å²) in [6, 6.07) is 6.09. The zero-order chi connectivity index (χ0) is 24.0. The summed E-state index contributed by atoms with van der Waals surface area (Å²) in [4.78, 5) is 24.9. The lowest BCUT2D eigenvalue weighted by Crippen LogP contribution is -2.45. The molecule has 8 heteroatoms. The number of rotatable bonds is 7. The lowest BCUT2D eigenvalue weighted by Gasteiger charge is -2.31. The number of carbonyl (C=O) groups is 2. The third kappa shape index (κ3) is 5.69. The Labute approximate surface area is 194 Å². The van der Waals surface area contributed by atoms with Gasteiger partial charge in [0.05, 0.1) is 5.70 Å². The lowest BCUT2D eigenvalue weighted by molar-refractivity contribution is -0.114. The van der Waals surface area contributed by atoms with Crippen molar-refractivity contribution < 1.29 is 14.0 Å². The fourth-order valence-corrected chi connectivity index (χ4v) is 5.00. The van der Waals surface area contributed by atoms with Crippen molar-refractivity contribution in [1.29, 1.82) is 0 Å². The van der Waals surface area contributed by atoms with Gasteiger partial charge >= 0.3 is 0 Å². The van der Waals surface area contributed by atoms with Crippen molar-refractivity contribution in [2.75, 3.05) is 26.7 Å². The van der Waals surface area contributed by atoms with Gasteiger partial charge in [-0.1, -0.05) is 12.1 Å². The van der Waals surface area contributed by atoms with Crippen LogP contribution in [0.4, 0.5) is 4.39 Å². The van der Waals surface area contributed by atoms with E-state index in [2.05, 4.69) is 17.3 Å². The molecule has 1 aromatic heterocycles. The summed E-state index contributed by atoms with van der Waals surface area (Å²) >= 11 is 0. The molecule has 0 saturated carbocycles. The first-order valence-corrected chi connectivity index (χ1v) is 11.4. The molecule has 2 aliphatic rings. The number of hydrogen-bond donors (Lipinski definition) is 3. The third-order valence-corrected chi connectivity index (χ3v) is 6.72. The predicted molar refractivity (Wildman–Crippen MR) is 128 cm³/mol. The number of aldehydes is 1. The Kier molecular flexibility index (Phi) is 8.05. The number of benzene rings is 1. The summed E-state index contributed by atoms with van der Waals surface area (Å²) in [5.41, 5.74) is 13.7. The number of fused-ring (bicyclic) bond motifs is 1. The van der Waals surface area contributed by atoms with Crippen LogP contribution in [0.15, 0.2) is 36.2 Å². The molecular weight excluding hydrogens is 421 g/mol. The molecule has 2 fully saturated rings. The zero-order valence-corrected chi connectivity index (χ0v) is 19.4. The molecule has 0 radical (unpaired) electrons. The van der Waals surface area contributed by atoms with Gasteiger partial charge in [0.1, 0.15) is 5.82 Å². The Balaban J connectivity index is 0.000000231. The molecule has 4 rings (SSSR count). The number of aromatic nitrogens is 1. The number of nitrogens with two attached hydrogens (primary N) is 2. The number of halogens is 1. The molecule has 0 spiro atoms. The van der Waals surface area contributed by atoms with Crippen molar-refractivity contribution in [2.45, 2.75) is 44.7 Å². The summed E-state index contributed by atoms with van der Waals surface area (Å²) < 4.78 is 14.8. The van der Waals surface area contributed by atoms with Gasteiger partial charge in [-0.25, -0.2) is 4.39 Å². The molecule has 1 aromatic carbocycles. The minimum absolute atomic E-state index is 0.120. The maximum Gasteiger partial charge on any atom is 0.264 e. The van der Waals surface area contributed by atoms with E-state index in [0.717, 1.165) is 11.3 Å². The highest BCUT2D eigenvalue weighted by Gasteiger charge is 2.43. The molecule has 7 nitrogen and oxygen atoms in total. The van der Waals surface area contributed by atoms with Crippen LogP contribution in [0.3, 0.4) is 0 Å². The van der Waals surface area contributed by atoms with Gasteiger partial charge in [-0.15, -0.1) is 0 Å². The molecule has 5 N–H and O–H groups in total. The second-order valence-corrected chi connectivity index (χ2v) is 8.87. The Hall–Kier alpha value is -2.97. The van der Waals surface area contributed by atoms with Crippen LogP contribution < -0.4 is 16.8 Å². The summed E-state index contributed by atoms with van der Waals surface area (Å²) in [6.45, 7) is 6.17. The number of likely N-dealkylation sites (N-methyl/N-ethyl adjacent to an activating group) is 1. The highest BCUT2D eigenvalue weighted by molar-refractivity contribution is 5.97. The first-order valence-electron chi connectivity index (χ1n) is 11.4. The van der Waals surface area contributed by atoms with E-state index in [-0.39, 0.29) is 11.5 Å². The van der Waals surface area contributed by atoms with E-state index < -0.39 is 5.91 Å². The van der Waals surface area contributed by atoms with E-state index in [9.17, 15) is 14.0 Å². The number of nitrogens with zero attached hydrogens (tertiary/aromatic N) is 2. The summed E-state index contributed by atoms with van der Waals surface area (Å²) in [7, 11) is 2.07. The monoisotopic (exact) mass is 455 g/mol. The number of primary amides is 1. The Morgan fingerprint density at radius 2 is 1.82 bits per heavy atom. The van der Waals surface area contributed by atoms with E-state index in [0.29, 0.717) is 29.5 Å². The minimum atomic E-state index is -0.748. The highest BCUT2D eigenvalue weighted by atomic mass is 19.1. The van der Waals surface area contributed by atoms with Gasteiger partial charge in [0.25, 0.3) is 5.91 Å². The largest absolute Gasteiger partial charge is 0.394 e. The molecule has 3 heterocycles. The number of amides is 1. The van der Waals surface area contributed by atoms with Crippen LogP contribution >= 0.6 is 0 Å². The maximum absolute atomic E-state index is 12.9. The summed E-state index contributed by atoms with van der Waals surface area (Å²) in [5, 5.41) is 3.33. The second-order valence-electron chi connectivity index (χ2n) is 8.87. The quantitative estimate of drug-likeness (QED) is 0.439. The first kappa shape index (κ1) is 24.7. The first-order chi connectivity index (χ1) is 15.8. The van der Waals surface area contributed by atoms with Gasteiger partial charge in [-0.2, -0.15) is 0 Å². The second kappa shape index (κ2) is 10.8. The smallest absolute Gasteiger partial charge is 0.264 e. The van der Waals surface area contributed by atoms with Crippen molar-refractivity contribution in [3.63, 3.8) is 0 Å². The van der Waals surface area contributed by atoms with Crippen molar-refractivity contribution in [3.8, 4) is 0 Å². The Morgan fingerprint density at radius 1 is 1.18 bits per heavy atom. The van der Waals surface area contributed by atoms with Crippen LogP contribution in [-0.2, 0) is 11.3 Å². The fraction of sp³-hybridized carbons (Fsp3) is 0.440. The number of nitrogens with one attached hydrogen (secondary N) is 1. The van der Waals surface area contributed by atoms with Gasteiger partial charge in [0, 0.05) is 41.6 Å². The number of carbonyl (C=O) groups excluding carboxylic acids is 2. The van der Waals surface area contributed by atoms with E-state index in [4.69, 9.17) is 11.5 Å². The van der Waals surface area contributed by atoms with Crippen molar-refractivity contribution in [2.24, 2.45) is 11.5 Å². The molecule has 33 heavy (non-hydrogen) atoms. The van der Waals surface area contributed by atoms with Crippen LogP contribution in [0.25, 0.3) is 6.08 Å². The van der Waals surface area contributed by atoms with Crippen LogP contribution in [-0.4, -0.2) is 53.9 Å². The minimum Gasteiger partial charge on any atom is -0.394 e. The molecule has 0 unspecified atom stereocenters. The average Bonchev–Trinajstić information content (AvgIpc) is 3.44. The van der Waals surface area contributed by atoms with E-state index in [1.54, 1.807) is 25.3 Å². The molecule has 1 amide bonds.